The van der Waals surface area contributed by atoms with Crippen LogP contribution in [0.2, 0.25) is 0 Å². The quantitative estimate of drug-likeness (QED) is 0.397. The molecule has 182 valence electrons. The van der Waals surface area contributed by atoms with E-state index in [4.69, 9.17) is 4.74 Å². The summed E-state index contributed by atoms with van der Waals surface area (Å²) in [5.41, 5.74) is 0.322. The average molecular weight is 535 g/mol. The molecule has 11 nitrogen and oxygen atoms in total. The third kappa shape index (κ3) is 3.42. The summed E-state index contributed by atoms with van der Waals surface area (Å²) in [7, 11) is 0. The molecular formula is C22H27BrN6O5. The summed E-state index contributed by atoms with van der Waals surface area (Å²) < 4.78 is 7.92. The zero-order valence-electron chi connectivity index (χ0n) is 18.7. The number of ether oxygens (including phenoxy) is 1. The van der Waals surface area contributed by atoms with Crippen molar-refractivity contribution in [3.05, 3.63) is 24.3 Å². The summed E-state index contributed by atoms with van der Waals surface area (Å²) in [6.07, 6.45) is 0.679. The third-order valence-electron chi connectivity index (χ3n) is 7.05. The zero-order valence-corrected chi connectivity index (χ0v) is 20.3. The molecule has 3 aliphatic heterocycles. The first-order valence-corrected chi connectivity index (χ1v) is 12.4. The van der Waals surface area contributed by atoms with Crippen molar-refractivity contribution in [1.82, 2.24) is 30.5 Å². The van der Waals surface area contributed by atoms with Crippen LogP contribution in [-0.4, -0.2) is 85.0 Å². The van der Waals surface area contributed by atoms with Gasteiger partial charge < -0.3 is 25.4 Å². The Bertz CT molecular complexity index is 1130. The highest BCUT2D eigenvalue weighted by Gasteiger charge is 2.76. The number of alkyl halides is 1. The number of β-amino-alcohol motifs (C(OH)–C–C–N with tert-alkyl or cyclic N) is 1. The molecule has 3 unspecified atom stereocenters. The average Bonchev–Trinajstić information content (AvgIpc) is 3.54. The maximum atomic E-state index is 13.5. The molecule has 4 heterocycles. The summed E-state index contributed by atoms with van der Waals surface area (Å²) in [4.78, 5) is 41.3. The predicted molar refractivity (Wildman–Crippen MR) is 123 cm³/mol. The molecule has 3 N–H and O–H groups in total. The van der Waals surface area contributed by atoms with E-state index in [2.05, 4.69) is 36.9 Å². The number of hydrogen-bond acceptors (Lipinski definition) is 7. The van der Waals surface area contributed by atoms with Crippen LogP contribution in [0, 0.1) is 11.8 Å². The molecule has 3 saturated heterocycles. The van der Waals surface area contributed by atoms with Gasteiger partial charge in [0.05, 0.1) is 30.1 Å². The molecule has 3 fully saturated rings. The monoisotopic (exact) mass is 534 g/mol. The van der Waals surface area contributed by atoms with Crippen LogP contribution in [-0.2, 0) is 25.8 Å². The smallest absolute Gasteiger partial charge is 0.247 e. The molecule has 5 rings (SSSR count). The largest absolute Gasteiger partial charge is 0.395 e. The number of rotatable bonds is 8. The molecule has 1 aromatic heterocycles. The summed E-state index contributed by atoms with van der Waals surface area (Å²) in [5, 5.41) is 23.6. The van der Waals surface area contributed by atoms with Crippen molar-refractivity contribution in [3.63, 3.8) is 0 Å². The number of aromatic nitrogens is 3. The van der Waals surface area contributed by atoms with E-state index in [0.29, 0.717) is 18.5 Å². The molecular weight excluding hydrogens is 508 g/mol. The summed E-state index contributed by atoms with van der Waals surface area (Å²) in [6, 6.07) is 6.42. The number of halogens is 1. The molecule has 2 aromatic rings. The van der Waals surface area contributed by atoms with Gasteiger partial charge in [0.2, 0.25) is 17.7 Å². The molecule has 3 amide bonds. The summed E-state index contributed by atoms with van der Waals surface area (Å²) in [6.45, 7) is 2.18. The van der Waals surface area contributed by atoms with E-state index in [1.165, 1.54) is 4.90 Å². The van der Waals surface area contributed by atoms with E-state index < -0.39 is 35.5 Å². The van der Waals surface area contributed by atoms with Crippen molar-refractivity contribution in [2.75, 3.05) is 19.7 Å². The lowest BCUT2D eigenvalue weighted by atomic mass is 9.70. The van der Waals surface area contributed by atoms with Gasteiger partial charge in [-0.05, 0) is 25.0 Å². The lowest BCUT2D eigenvalue weighted by molar-refractivity contribution is -0.142. The van der Waals surface area contributed by atoms with Gasteiger partial charge in [-0.25, -0.2) is 4.68 Å². The molecule has 34 heavy (non-hydrogen) atoms. The molecule has 0 radical (unpaired) electrons. The second-order valence-electron chi connectivity index (χ2n) is 8.99. The van der Waals surface area contributed by atoms with E-state index in [1.54, 1.807) is 4.68 Å². The number of aliphatic hydroxyl groups is 1. The number of aliphatic hydroxyl groups excluding tert-OH is 1. The molecule has 3 aliphatic rings. The number of nitrogens with zero attached hydrogens (tertiary/aromatic N) is 4. The van der Waals surface area contributed by atoms with E-state index in [-0.39, 0.29) is 36.5 Å². The van der Waals surface area contributed by atoms with Crippen LogP contribution in [0.25, 0.3) is 11.0 Å². The highest BCUT2D eigenvalue weighted by atomic mass is 79.9. The van der Waals surface area contributed by atoms with Crippen LogP contribution in [0.15, 0.2) is 24.3 Å². The fourth-order valence-electron chi connectivity index (χ4n) is 5.73. The van der Waals surface area contributed by atoms with Crippen molar-refractivity contribution in [2.45, 2.75) is 49.0 Å². The van der Waals surface area contributed by atoms with Crippen molar-refractivity contribution < 1.29 is 24.2 Å². The summed E-state index contributed by atoms with van der Waals surface area (Å²) >= 11 is 3.62. The number of carbonyl (C=O) groups is 3. The van der Waals surface area contributed by atoms with Crippen LogP contribution >= 0.6 is 15.9 Å². The SMILES string of the molecule is CCCNC(=O)[C@H]1[C@H]2C(=O)N(CCO)C(C(=O)NCn3nnc4ccccc43)C23CC(Br)[C@@H]1O3. The fourth-order valence-corrected chi connectivity index (χ4v) is 6.67. The standard InChI is InChI=1S/C22H27BrN6O5/c1-2-7-24-19(31)15-16-21(33)28(8-9-30)18(22(16)10-12(23)17(15)34-22)20(32)25-11-29-14-6-4-3-5-13(14)26-27-29/h3-6,12,15-18,30H,2,7-11H2,1H3,(H,24,31)(H,25,32)/t12?,15-,16-,17-,18?,22?/m0/s1. The van der Waals surface area contributed by atoms with Crippen molar-refractivity contribution >= 4 is 44.7 Å². The van der Waals surface area contributed by atoms with E-state index in [1.807, 2.05) is 31.2 Å². The molecule has 2 bridgehead atoms. The highest BCUT2D eigenvalue weighted by Crippen LogP contribution is 2.59. The van der Waals surface area contributed by atoms with Gasteiger partial charge in [0.15, 0.2) is 0 Å². The molecule has 1 aromatic carbocycles. The molecule has 12 heteroatoms. The number of carbonyl (C=O) groups excluding carboxylic acids is 3. The second kappa shape index (κ2) is 8.90. The van der Waals surface area contributed by atoms with E-state index in [9.17, 15) is 19.5 Å². The molecule has 1 spiro atoms. The number of likely N-dealkylation sites (tertiary alicyclic amines) is 1. The Balaban J connectivity index is 1.43. The van der Waals surface area contributed by atoms with Crippen LogP contribution < -0.4 is 10.6 Å². The van der Waals surface area contributed by atoms with Crippen LogP contribution in [0.1, 0.15) is 19.8 Å². The summed E-state index contributed by atoms with van der Waals surface area (Å²) in [5.74, 6) is -2.47. The highest BCUT2D eigenvalue weighted by molar-refractivity contribution is 9.09. The number of nitrogens with one attached hydrogen (secondary N) is 2. The Labute approximate surface area is 204 Å². The van der Waals surface area contributed by atoms with Gasteiger partial charge in [-0.15, -0.1) is 5.10 Å². The van der Waals surface area contributed by atoms with Gasteiger partial charge in [0.25, 0.3) is 0 Å². The van der Waals surface area contributed by atoms with Crippen LogP contribution in [0.3, 0.4) is 0 Å². The van der Waals surface area contributed by atoms with Gasteiger partial charge >= 0.3 is 0 Å². The number of amides is 3. The Morgan fingerprint density at radius 1 is 1.29 bits per heavy atom. The van der Waals surface area contributed by atoms with Crippen molar-refractivity contribution in [3.8, 4) is 0 Å². The zero-order chi connectivity index (χ0) is 24.0. The van der Waals surface area contributed by atoms with E-state index in [0.717, 1.165) is 11.9 Å². The first-order chi connectivity index (χ1) is 16.4. The van der Waals surface area contributed by atoms with Crippen molar-refractivity contribution in [1.29, 1.82) is 0 Å². The maximum Gasteiger partial charge on any atom is 0.247 e. The normalized spacial score (nSPS) is 31.8. The van der Waals surface area contributed by atoms with Gasteiger partial charge in [0, 0.05) is 17.9 Å². The molecule has 6 atom stereocenters. The fraction of sp³-hybridized carbons (Fsp3) is 0.591. The molecule has 0 saturated carbocycles. The predicted octanol–water partition coefficient (Wildman–Crippen LogP) is -0.228. The Kier molecular flexibility index (Phi) is 6.07. The minimum atomic E-state index is -1.15. The minimum Gasteiger partial charge on any atom is -0.395 e. The van der Waals surface area contributed by atoms with Crippen molar-refractivity contribution in [2.24, 2.45) is 11.8 Å². The lowest BCUT2D eigenvalue weighted by Crippen LogP contribution is -2.56. The van der Waals surface area contributed by atoms with Crippen LogP contribution in [0.5, 0.6) is 0 Å². The maximum absolute atomic E-state index is 13.5. The Morgan fingerprint density at radius 2 is 2.09 bits per heavy atom. The topological polar surface area (TPSA) is 139 Å². The first-order valence-electron chi connectivity index (χ1n) is 11.5. The van der Waals surface area contributed by atoms with Gasteiger partial charge in [0.1, 0.15) is 23.8 Å². The number of benzene rings is 1. The second-order valence-corrected chi connectivity index (χ2v) is 10.2. The number of fused-ring (bicyclic) bond motifs is 2. The number of para-hydroxylation sites is 1. The van der Waals surface area contributed by atoms with Gasteiger partial charge in [-0.2, -0.15) is 0 Å². The van der Waals surface area contributed by atoms with E-state index >= 15 is 0 Å². The molecule has 0 aliphatic carbocycles. The van der Waals surface area contributed by atoms with Gasteiger partial charge in [-0.3, -0.25) is 14.4 Å². The van der Waals surface area contributed by atoms with Gasteiger partial charge in [-0.1, -0.05) is 40.2 Å². The Morgan fingerprint density at radius 3 is 2.85 bits per heavy atom. The third-order valence-corrected chi connectivity index (χ3v) is 7.90. The first kappa shape index (κ1) is 23.2. The minimum absolute atomic E-state index is 0.0221. The Hall–Kier alpha value is -2.57. The van der Waals surface area contributed by atoms with Crippen LogP contribution in [0.4, 0.5) is 0 Å². The lowest BCUT2D eigenvalue weighted by Gasteiger charge is -2.33. The number of hydrogen-bond donors (Lipinski definition) is 3.